The second-order valence-corrected chi connectivity index (χ2v) is 6.41. The molecule has 1 fully saturated rings. The van der Waals surface area contributed by atoms with Crippen molar-refractivity contribution in [2.75, 3.05) is 12.8 Å². The van der Waals surface area contributed by atoms with E-state index >= 15 is 0 Å². The second kappa shape index (κ2) is 5.81. The molecule has 1 aromatic carbocycles. The first kappa shape index (κ1) is 14.2. The molecule has 0 heterocycles. The summed E-state index contributed by atoms with van der Waals surface area (Å²) in [5.74, 6) is -0.301. The first-order valence-electron chi connectivity index (χ1n) is 6.32. The first-order chi connectivity index (χ1) is 8.60. The topological polar surface area (TPSA) is 26.0 Å². The van der Waals surface area contributed by atoms with Crippen LogP contribution >= 0.6 is 23.4 Å². The van der Waals surface area contributed by atoms with Crippen LogP contribution < -0.4 is 5.73 Å². The smallest absolute Gasteiger partial charge is 0.155 e. The van der Waals surface area contributed by atoms with Gasteiger partial charge in [0.2, 0.25) is 0 Å². The molecule has 100 valence electrons. The molecule has 1 aliphatic carbocycles. The zero-order valence-electron chi connectivity index (χ0n) is 10.6. The Morgan fingerprint density at radius 1 is 1.44 bits per heavy atom. The van der Waals surface area contributed by atoms with Gasteiger partial charge in [0.05, 0.1) is 5.02 Å². The van der Waals surface area contributed by atoms with Crippen LogP contribution in [0.25, 0.3) is 0 Å². The molecular formula is C14H19ClFNS. The maximum Gasteiger partial charge on any atom is 0.155 e. The molecule has 1 aromatic rings. The van der Waals surface area contributed by atoms with Crippen LogP contribution in [0.2, 0.25) is 5.02 Å². The Bertz CT molecular complexity index is 427. The minimum Gasteiger partial charge on any atom is -0.330 e. The predicted molar refractivity (Wildman–Crippen MR) is 76.9 cm³/mol. The lowest BCUT2D eigenvalue weighted by atomic mass is 9.66. The monoisotopic (exact) mass is 287 g/mol. The van der Waals surface area contributed by atoms with Crippen LogP contribution in [0, 0.1) is 11.2 Å². The van der Waals surface area contributed by atoms with E-state index in [0.29, 0.717) is 10.3 Å². The van der Waals surface area contributed by atoms with E-state index < -0.39 is 0 Å². The van der Waals surface area contributed by atoms with Crippen molar-refractivity contribution in [2.45, 2.75) is 37.0 Å². The van der Waals surface area contributed by atoms with E-state index in [1.54, 1.807) is 6.07 Å². The summed E-state index contributed by atoms with van der Waals surface area (Å²) < 4.78 is 13.6. The highest BCUT2D eigenvalue weighted by atomic mass is 35.5. The van der Waals surface area contributed by atoms with Crippen molar-refractivity contribution in [1.29, 1.82) is 0 Å². The van der Waals surface area contributed by atoms with Gasteiger partial charge in [0.25, 0.3) is 0 Å². The Labute approximate surface area is 117 Å². The molecule has 0 aromatic heterocycles. The van der Waals surface area contributed by atoms with Crippen LogP contribution in [0.3, 0.4) is 0 Å². The number of rotatable bonds is 5. The minimum absolute atomic E-state index is 0.229. The summed E-state index contributed by atoms with van der Waals surface area (Å²) >= 11 is 7.31. The van der Waals surface area contributed by atoms with Crippen molar-refractivity contribution in [1.82, 2.24) is 0 Å². The molecule has 4 heteroatoms. The number of benzene rings is 1. The van der Waals surface area contributed by atoms with Crippen LogP contribution in [-0.4, -0.2) is 12.8 Å². The standard InChI is InChI=1S/C14H19ClFNS/c1-18-12-8-10(7-11(15)13(12)16)3-6-14(9-17)4-2-5-14/h7-8H,2-6,9,17H2,1H3. The zero-order chi connectivity index (χ0) is 13.2. The molecule has 2 rings (SSSR count). The number of aryl methyl sites for hydroxylation is 1. The average molecular weight is 288 g/mol. The fourth-order valence-corrected chi connectivity index (χ4v) is 3.41. The maximum absolute atomic E-state index is 13.6. The van der Waals surface area contributed by atoms with Gasteiger partial charge in [-0.1, -0.05) is 18.0 Å². The van der Waals surface area contributed by atoms with Crippen LogP contribution in [0.1, 0.15) is 31.2 Å². The quantitative estimate of drug-likeness (QED) is 0.819. The van der Waals surface area contributed by atoms with Crippen molar-refractivity contribution < 1.29 is 4.39 Å². The van der Waals surface area contributed by atoms with E-state index in [4.69, 9.17) is 17.3 Å². The molecule has 0 spiro atoms. The number of nitrogens with two attached hydrogens (primary N) is 1. The van der Waals surface area contributed by atoms with Gasteiger partial charge in [0.1, 0.15) is 0 Å². The van der Waals surface area contributed by atoms with Gasteiger partial charge in [0.15, 0.2) is 5.82 Å². The van der Waals surface area contributed by atoms with Crippen molar-refractivity contribution in [3.05, 3.63) is 28.5 Å². The summed E-state index contributed by atoms with van der Waals surface area (Å²) in [7, 11) is 0. The molecule has 0 bridgehead atoms. The van der Waals surface area contributed by atoms with E-state index in [1.165, 1.54) is 31.0 Å². The summed E-state index contributed by atoms with van der Waals surface area (Å²) in [6.45, 7) is 0.761. The van der Waals surface area contributed by atoms with Crippen LogP contribution in [0.5, 0.6) is 0 Å². The summed E-state index contributed by atoms with van der Waals surface area (Å²) in [5.41, 5.74) is 7.30. The third-order valence-corrected chi connectivity index (χ3v) is 5.08. The second-order valence-electron chi connectivity index (χ2n) is 5.15. The van der Waals surface area contributed by atoms with E-state index in [-0.39, 0.29) is 10.8 Å². The average Bonchev–Trinajstić information content (AvgIpc) is 2.32. The van der Waals surface area contributed by atoms with Gasteiger partial charge in [-0.15, -0.1) is 11.8 Å². The van der Waals surface area contributed by atoms with Gasteiger partial charge < -0.3 is 5.73 Å². The third-order valence-electron chi connectivity index (χ3n) is 4.07. The summed E-state index contributed by atoms with van der Waals surface area (Å²) in [6.07, 6.45) is 7.63. The van der Waals surface area contributed by atoms with Crippen LogP contribution in [-0.2, 0) is 6.42 Å². The van der Waals surface area contributed by atoms with E-state index in [2.05, 4.69) is 0 Å². The Morgan fingerprint density at radius 3 is 2.67 bits per heavy atom. The molecule has 0 aliphatic heterocycles. The lowest BCUT2D eigenvalue weighted by Gasteiger charge is -2.41. The summed E-state index contributed by atoms with van der Waals surface area (Å²) in [6, 6.07) is 3.66. The van der Waals surface area contributed by atoms with E-state index in [1.807, 2.05) is 12.3 Å². The SMILES string of the molecule is CSc1cc(CCC2(CN)CCC2)cc(Cl)c1F. The number of hydrogen-bond acceptors (Lipinski definition) is 2. The van der Waals surface area contributed by atoms with Gasteiger partial charge >= 0.3 is 0 Å². The molecule has 0 saturated heterocycles. The molecular weight excluding hydrogens is 269 g/mol. The van der Waals surface area contributed by atoms with Crippen molar-refractivity contribution in [2.24, 2.45) is 11.1 Å². The summed E-state index contributed by atoms with van der Waals surface area (Å²) in [5, 5.41) is 0.229. The molecule has 0 amide bonds. The maximum atomic E-state index is 13.6. The normalized spacial score (nSPS) is 17.6. The van der Waals surface area contributed by atoms with E-state index in [9.17, 15) is 4.39 Å². The van der Waals surface area contributed by atoms with Crippen LogP contribution in [0.15, 0.2) is 17.0 Å². The molecule has 1 nitrogen and oxygen atoms in total. The molecule has 1 aliphatic rings. The van der Waals surface area contributed by atoms with Crippen molar-refractivity contribution in [3.63, 3.8) is 0 Å². The highest BCUT2D eigenvalue weighted by Crippen LogP contribution is 2.44. The Balaban J connectivity index is 2.07. The fourth-order valence-electron chi connectivity index (χ4n) is 2.55. The molecule has 0 unspecified atom stereocenters. The largest absolute Gasteiger partial charge is 0.330 e. The summed E-state index contributed by atoms with van der Waals surface area (Å²) in [4.78, 5) is 0.632. The van der Waals surface area contributed by atoms with Crippen molar-refractivity contribution >= 4 is 23.4 Å². The lowest BCUT2D eigenvalue weighted by molar-refractivity contribution is 0.131. The number of hydrogen-bond donors (Lipinski definition) is 1. The first-order valence-corrected chi connectivity index (χ1v) is 7.92. The molecule has 2 N–H and O–H groups in total. The fraction of sp³-hybridized carbons (Fsp3) is 0.571. The number of thioether (sulfide) groups is 1. The molecule has 0 atom stereocenters. The van der Waals surface area contributed by atoms with Gasteiger partial charge in [0, 0.05) is 4.90 Å². The Kier molecular flexibility index (Phi) is 4.57. The lowest BCUT2D eigenvalue weighted by Crippen LogP contribution is -2.37. The Morgan fingerprint density at radius 2 is 2.17 bits per heavy atom. The predicted octanol–water partition coefficient (Wildman–Crippen LogP) is 4.26. The van der Waals surface area contributed by atoms with Gasteiger partial charge in [-0.05, 0) is 61.6 Å². The van der Waals surface area contributed by atoms with Gasteiger partial charge in [-0.25, -0.2) is 4.39 Å². The molecule has 18 heavy (non-hydrogen) atoms. The van der Waals surface area contributed by atoms with Crippen LogP contribution in [0.4, 0.5) is 4.39 Å². The van der Waals surface area contributed by atoms with Gasteiger partial charge in [-0.3, -0.25) is 0 Å². The Hall–Kier alpha value is -0.250. The zero-order valence-corrected chi connectivity index (χ0v) is 12.2. The highest BCUT2D eigenvalue weighted by Gasteiger charge is 2.34. The van der Waals surface area contributed by atoms with Gasteiger partial charge in [-0.2, -0.15) is 0 Å². The minimum atomic E-state index is -0.301. The third kappa shape index (κ3) is 2.84. The number of halogens is 2. The van der Waals surface area contributed by atoms with E-state index in [0.717, 1.165) is 24.9 Å². The molecule has 0 radical (unpaired) electrons. The highest BCUT2D eigenvalue weighted by molar-refractivity contribution is 7.98. The van der Waals surface area contributed by atoms with Crippen molar-refractivity contribution in [3.8, 4) is 0 Å². The molecule has 1 saturated carbocycles.